The minimum Gasteiger partial charge on any atom is -0.493 e. The molecule has 2 heterocycles. The maximum Gasteiger partial charge on any atom is 0.127 e. The second kappa shape index (κ2) is 6.60. The van der Waals surface area contributed by atoms with E-state index >= 15 is 0 Å². The molecule has 0 spiro atoms. The van der Waals surface area contributed by atoms with E-state index in [-0.39, 0.29) is 6.04 Å². The van der Waals surface area contributed by atoms with Crippen LogP contribution in [0.25, 0.3) is 0 Å². The molecule has 2 aliphatic rings. The van der Waals surface area contributed by atoms with Crippen molar-refractivity contribution >= 4 is 23.5 Å². The number of rotatable bonds is 4. The molecular weight excluding hydrogens is 288 g/mol. The molecule has 3 atom stereocenters. The van der Waals surface area contributed by atoms with Crippen LogP contribution in [0.2, 0.25) is 0 Å². The highest BCUT2D eigenvalue weighted by molar-refractivity contribution is 8.07. The fraction of sp³-hybridized carbons (Fsp3) is 0.600. The predicted molar refractivity (Wildman–Crippen MR) is 88.5 cm³/mol. The maximum atomic E-state index is 5.92. The Kier molecular flexibility index (Phi) is 4.81. The standard InChI is InChI=1S/C15H22N2OS2/c1-2-12-15(20-9-8-19-12)13(17-16)11-5-3-4-10-6-7-18-14(10)11/h3-5,12-13,15,17H,2,6-9,16H2,1H3. The normalized spacial score (nSPS) is 26.9. The molecule has 2 aliphatic heterocycles. The Morgan fingerprint density at radius 1 is 1.40 bits per heavy atom. The van der Waals surface area contributed by atoms with Crippen LogP contribution < -0.4 is 16.0 Å². The van der Waals surface area contributed by atoms with Crippen molar-refractivity contribution in [2.24, 2.45) is 5.84 Å². The first kappa shape index (κ1) is 14.6. The number of nitrogens with one attached hydrogen (secondary N) is 1. The summed E-state index contributed by atoms with van der Waals surface area (Å²) in [6.45, 7) is 3.07. The van der Waals surface area contributed by atoms with Gasteiger partial charge in [0.25, 0.3) is 0 Å². The minimum absolute atomic E-state index is 0.172. The lowest BCUT2D eigenvalue weighted by Crippen LogP contribution is -2.41. The van der Waals surface area contributed by atoms with E-state index in [2.05, 4.69) is 42.3 Å². The number of hydrazine groups is 1. The minimum atomic E-state index is 0.172. The second-order valence-electron chi connectivity index (χ2n) is 5.23. The molecule has 3 rings (SSSR count). The predicted octanol–water partition coefficient (Wildman–Crippen LogP) is 2.75. The molecule has 0 bridgehead atoms. The molecule has 1 fully saturated rings. The van der Waals surface area contributed by atoms with E-state index in [9.17, 15) is 0 Å². The molecule has 20 heavy (non-hydrogen) atoms. The summed E-state index contributed by atoms with van der Waals surface area (Å²) in [4.78, 5) is 0. The fourth-order valence-electron chi connectivity index (χ4n) is 3.09. The van der Waals surface area contributed by atoms with Gasteiger partial charge in [-0.1, -0.05) is 25.1 Å². The van der Waals surface area contributed by atoms with Crippen LogP contribution in [-0.2, 0) is 6.42 Å². The third kappa shape index (κ3) is 2.69. The number of ether oxygens (including phenoxy) is 1. The average molecular weight is 310 g/mol. The highest BCUT2D eigenvalue weighted by Gasteiger charge is 2.34. The molecule has 0 saturated carbocycles. The van der Waals surface area contributed by atoms with Gasteiger partial charge >= 0.3 is 0 Å². The quantitative estimate of drug-likeness (QED) is 0.661. The topological polar surface area (TPSA) is 47.3 Å². The molecule has 1 aromatic rings. The number of fused-ring (bicyclic) bond motifs is 1. The van der Waals surface area contributed by atoms with Crippen LogP contribution >= 0.6 is 23.5 Å². The van der Waals surface area contributed by atoms with E-state index in [1.54, 1.807) is 0 Å². The first-order valence-corrected chi connectivity index (χ1v) is 9.38. The van der Waals surface area contributed by atoms with Crippen molar-refractivity contribution in [2.75, 3.05) is 18.1 Å². The summed E-state index contributed by atoms with van der Waals surface area (Å²) in [6.07, 6.45) is 2.21. The number of para-hydroxylation sites is 1. The van der Waals surface area contributed by atoms with Crippen molar-refractivity contribution < 1.29 is 4.74 Å². The van der Waals surface area contributed by atoms with E-state index in [4.69, 9.17) is 10.6 Å². The number of hydrogen-bond acceptors (Lipinski definition) is 5. The summed E-state index contributed by atoms with van der Waals surface area (Å²) in [5, 5.41) is 1.17. The summed E-state index contributed by atoms with van der Waals surface area (Å²) in [5.41, 5.74) is 5.63. The molecule has 1 aromatic carbocycles. The van der Waals surface area contributed by atoms with Gasteiger partial charge in [0.2, 0.25) is 0 Å². The van der Waals surface area contributed by atoms with Gasteiger partial charge in [-0.25, -0.2) is 0 Å². The molecule has 0 amide bonds. The van der Waals surface area contributed by atoms with Crippen LogP contribution in [0.1, 0.15) is 30.5 Å². The Labute approximate surface area is 129 Å². The summed E-state index contributed by atoms with van der Waals surface area (Å²) < 4.78 is 5.86. The summed E-state index contributed by atoms with van der Waals surface area (Å²) in [7, 11) is 0. The van der Waals surface area contributed by atoms with Crippen LogP contribution in [0.5, 0.6) is 5.75 Å². The largest absolute Gasteiger partial charge is 0.493 e. The number of nitrogens with two attached hydrogens (primary N) is 1. The molecule has 3 unspecified atom stereocenters. The van der Waals surface area contributed by atoms with Crippen LogP contribution in [0.4, 0.5) is 0 Å². The van der Waals surface area contributed by atoms with Crippen LogP contribution in [0.3, 0.4) is 0 Å². The molecule has 3 nitrogen and oxygen atoms in total. The van der Waals surface area contributed by atoms with Crippen molar-refractivity contribution in [3.05, 3.63) is 29.3 Å². The van der Waals surface area contributed by atoms with Crippen LogP contribution in [0.15, 0.2) is 18.2 Å². The van der Waals surface area contributed by atoms with Gasteiger partial charge in [0.1, 0.15) is 5.75 Å². The number of thioether (sulfide) groups is 2. The first-order chi connectivity index (χ1) is 9.85. The van der Waals surface area contributed by atoms with Crippen molar-refractivity contribution in [2.45, 2.75) is 36.3 Å². The van der Waals surface area contributed by atoms with Gasteiger partial charge < -0.3 is 4.74 Å². The summed E-state index contributed by atoms with van der Waals surface area (Å²) in [6, 6.07) is 6.64. The highest BCUT2D eigenvalue weighted by atomic mass is 32.2. The molecule has 0 radical (unpaired) electrons. The van der Waals surface area contributed by atoms with Gasteiger partial charge in [0.05, 0.1) is 12.6 Å². The lowest BCUT2D eigenvalue weighted by molar-refractivity contribution is 0.347. The van der Waals surface area contributed by atoms with Crippen LogP contribution in [0, 0.1) is 0 Å². The molecule has 110 valence electrons. The van der Waals surface area contributed by atoms with E-state index in [0.29, 0.717) is 10.5 Å². The summed E-state index contributed by atoms with van der Waals surface area (Å²) in [5.74, 6) is 9.45. The molecule has 1 saturated heterocycles. The lowest BCUT2D eigenvalue weighted by Gasteiger charge is -2.36. The van der Waals surface area contributed by atoms with E-state index in [1.165, 1.54) is 29.1 Å². The van der Waals surface area contributed by atoms with E-state index < -0.39 is 0 Å². The number of benzene rings is 1. The number of hydrogen-bond donors (Lipinski definition) is 2. The van der Waals surface area contributed by atoms with Crippen molar-refractivity contribution in [1.29, 1.82) is 0 Å². The van der Waals surface area contributed by atoms with Crippen molar-refractivity contribution in [3.63, 3.8) is 0 Å². The highest BCUT2D eigenvalue weighted by Crippen LogP contribution is 2.43. The molecule has 0 aliphatic carbocycles. The van der Waals surface area contributed by atoms with Gasteiger partial charge in [-0.2, -0.15) is 23.5 Å². The maximum absolute atomic E-state index is 5.92. The van der Waals surface area contributed by atoms with Gasteiger partial charge in [0.15, 0.2) is 0 Å². The zero-order chi connectivity index (χ0) is 13.9. The van der Waals surface area contributed by atoms with E-state index in [1.807, 2.05) is 11.8 Å². The fourth-order valence-corrected chi connectivity index (χ4v) is 6.32. The summed E-state index contributed by atoms with van der Waals surface area (Å²) >= 11 is 4.14. The Hall–Kier alpha value is -0.360. The van der Waals surface area contributed by atoms with Crippen LogP contribution in [-0.4, -0.2) is 28.6 Å². The smallest absolute Gasteiger partial charge is 0.127 e. The van der Waals surface area contributed by atoms with Gasteiger partial charge in [0, 0.05) is 34.0 Å². The third-order valence-corrected chi connectivity index (χ3v) is 7.43. The molecule has 5 heteroatoms. The molecule has 0 aromatic heterocycles. The first-order valence-electron chi connectivity index (χ1n) is 7.29. The van der Waals surface area contributed by atoms with Gasteiger partial charge in [-0.15, -0.1) is 0 Å². The zero-order valence-electron chi connectivity index (χ0n) is 11.8. The van der Waals surface area contributed by atoms with Crippen molar-refractivity contribution in [1.82, 2.24) is 5.43 Å². The van der Waals surface area contributed by atoms with E-state index in [0.717, 1.165) is 18.8 Å². The Morgan fingerprint density at radius 2 is 2.25 bits per heavy atom. The Balaban J connectivity index is 1.91. The van der Waals surface area contributed by atoms with Crippen molar-refractivity contribution in [3.8, 4) is 5.75 Å². The molecule has 3 N–H and O–H groups in total. The SMILES string of the molecule is CCC1SCCSC1C(NN)c1cccc2c1OCC2. The zero-order valence-corrected chi connectivity index (χ0v) is 13.4. The lowest BCUT2D eigenvalue weighted by atomic mass is 9.97. The Morgan fingerprint density at radius 3 is 3.05 bits per heavy atom. The molecular formula is C15H22N2OS2. The van der Waals surface area contributed by atoms with Gasteiger partial charge in [-0.05, 0) is 12.0 Å². The third-order valence-electron chi connectivity index (χ3n) is 4.08. The second-order valence-corrected chi connectivity index (χ2v) is 7.86. The van der Waals surface area contributed by atoms with Gasteiger partial charge in [-0.3, -0.25) is 11.3 Å². The Bertz CT molecular complexity index is 469. The average Bonchev–Trinajstić information content (AvgIpc) is 2.98. The monoisotopic (exact) mass is 310 g/mol.